The highest BCUT2D eigenvalue weighted by molar-refractivity contribution is 5.85. The van der Waals surface area contributed by atoms with Gasteiger partial charge in [-0.25, -0.2) is 0 Å². The van der Waals surface area contributed by atoms with E-state index in [1.165, 1.54) is 55.1 Å². The van der Waals surface area contributed by atoms with E-state index < -0.39 is 0 Å². The molecule has 0 amide bonds. The van der Waals surface area contributed by atoms with Crippen LogP contribution in [-0.2, 0) is 0 Å². The molecule has 0 saturated carbocycles. The summed E-state index contributed by atoms with van der Waals surface area (Å²) in [6.07, 6.45) is 2.53. The van der Waals surface area contributed by atoms with Crippen LogP contribution in [0.25, 0.3) is 0 Å². The molecule has 0 radical (unpaired) electrons. The molecule has 2 aromatic rings. The highest BCUT2D eigenvalue weighted by Gasteiger charge is 2.11. The van der Waals surface area contributed by atoms with Gasteiger partial charge in [-0.05, 0) is 12.1 Å². The molecule has 0 aliphatic carbocycles. The Hall–Kier alpha value is -3.82. The molecule has 0 atom stereocenters. The van der Waals surface area contributed by atoms with Crippen molar-refractivity contribution in [3.8, 4) is 34.5 Å². The maximum absolute atomic E-state index is 8.47. The van der Waals surface area contributed by atoms with Crippen molar-refractivity contribution < 1.29 is 38.8 Å². The van der Waals surface area contributed by atoms with E-state index in [9.17, 15) is 0 Å². The van der Waals surface area contributed by atoms with Crippen molar-refractivity contribution in [2.45, 2.75) is 0 Å². The summed E-state index contributed by atoms with van der Waals surface area (Å²) >= 11 is 0. The summed E-state index contributed by atoms with van der Waals surface area (Å²) in [5.74, 6) is 3.31. The molecule has 0 spiro atoms. The van der Waals surface area contributed by atoms with E-state index in [0.717, 1.165) is 0 Å². The fraction of sp³-hybridized carbons (Fsp3) is 0.300. The third-order valence-corrected chi connectivity index (χ3v) is 3.87. The molecule has 164 valence electrons. The second-order valence-electron chi connectivity index (χ2n) is 5.39. The summed E-state index contributed by atoms with van der Waals surface area (Å²) in [5, 5.41) is 22.8. The maximum atomic E-state index is 8.47. The zero-order valence-electron chi connectivity index (χ0n) is 17.7. The highest BCUT2D eigenvalue weighted by atomic mass is 16.5. The molecule has 0 aliphatic heterocycles. The van der Waals surface area contributed by atoms with E-state index in [1.807, 2.05) is 0 Å². The minimum Gasteiger partial charge on any atom is -0.496 e. The third kappa shape index (κ3) is 6.09. The van der Waals surface area contributed by atoms with Crippen molar-refractivity contribution in [2.24, 2.45) is 10.3 Å². The first-order chi connectivity index (χ1) is 14.5. The van der Waals surface area contributed by atoms with Crippen LogP contribution in [0, 0.1) is 0 Å². The molecule has 2 rings (SSSR count). The van der Waals surface area contributed by atoms with E-state index in [2.05, 4.69) is 10.3 Å². The van der Waals surface area contributed by atoms with Crippen molar-refractivity contribution in [3.05, 3.63) is 35.4 Å². The molecule has 0 unspecified atom stereocenters. The number of ether oxygens (including phenoxy) is 6. The predicted molar refractivity (Wildman–Crippen MR) is 111 cm³/mol. The normalized spacial score (nSPS) is 10.3. The van der Waals surface area contributed by atoms with Gasteiger partial charge in [-0.15, -0.1) is 0 Å². The zero-order valence-corrected chi connectivity index (χ0v) is 17.7. The molecule has 2 N–H and O–H groups in total. The van der Waals surface area contributed by atoms with Crippen molar-refractivity contribution in [1.29, 1.82) is 0 Å². The van der Waals surface area contributed by atoms with Gasteiger partial charge in [0.1, 0.15) is 11.5 Å². The average molecular weight is 422 g/mol. The van der Waals surface area contributed by atoms with E-state index in [0.29, 0.717) is 45.6 Å². The van der Waals surface area contributed by atoms with Crippen molar-refractivity contribution in [3.63, 3.8) is 0 Å². The molecule has 0 aliphatic rings. The molecule has 0 aromatic heterocycles. The Kier molecular flexibility index (Phi) is 10.2. The molecule has 2 aromatic carbocycles. The van der Waals surface area contributed by atoms with Crippen LogP contribution in [0.3, 0.4) is 0 Å². The zero-order chi connectivity index (χ0) is 22.5. The molecule has 10 nitrogen and oxygen atoms in total. The van der Waals surface area contributed by atoms with E-state index in [4.69, 9.17) is 38.8 Å². The third-order valence-electron chi connectivity index (χ3n) is 3.87. The van der Waals surface area contributed by atoms with Gasteiger partial charge in [-0.2, -0.15) is 0 Å². The number of hydrogen-bond acceptors (Lipinski definition) is 10. The Bertz CT molecular complexity index is 797. The lowest BCUT2D eigenvalue weighted by atomic mass is 10.2. The Morgan fingerprint density at radius 1 is 0.500 bits per heavy atom. The van der Waals surface area contributed by atoms with E-state index >= 15 is 0 Å². The standard InChI is InChI=1S/2C10H13NO4/c2*1-13-8-5-10(15-3)9(14-2)4-7(8)6-11-12/h2*4-6,12H,1-3H3/b2*11-6+. The van der Waals surface area contributed by atoms with Gasteiger partial charge in [0.25, 0.3) is 0 Å². The predicted octanol–water partition coefficient (Wildman–Crippen LogP) is 3.04. The van der Waals surface area contributed by atoms with Crippen LogP contribution in [0.4, 0.5) is 0 Å². The Labute approximate surface area is 174 Å². The molecular weight excluding hydrogens is 396 g/mol. The number of hydrogen-bond donors (Lipinski definition) is 2. The first kappa shape index (κ1) is 24.2. The molecule has 0 saturated heterocycles. The van der Waals surface area contributed by atoms with Crippen molar-refractivity contribution >= 4 is 12.4 Å². The largest absolute Gasteiger partial charge is 0.496 e. The first-order valence-corrected chi connectivity index (χ1v) is 8.48. The number of rotatable bonds is 8. The van der Waals surface area contributed by atoms with Crippen LogP contribution < -0.4 is 28.4 Å². The fourth-order valence-corrected chi connectivity index (χ4v) is 2.43. The Morgan fingerprint density at radius 3 is 1.00 bits per heavy atom. The topological polar surface area (TPSA) is 121 Å². The molecule has 0 fully saturated rings. The van der Waals surface area contributed by atoms with Crippen molar-refractivity contribution in [2.75, 3.05) is 42.7 Å². The lowest BCUT2D eigenvalue weighted by Crippen LogP contribution is -1.96. The van der Waals surface area contributed by atoms with Crippen LogP contribution in [0.1, 0.15) is 11.1 Å². The summed E-state index contributed by atoms with van der Waals surface area (Å²) in [6.45, 7) is 0. The highest BCUT2D eigenvalue weighted by Crippen LogP contribution is 2.34. The van der Waals surface area contributed by atoms with Crippen LogP contribution in [0.15, 0.2) is 34.6 Å². The number of oxime groups is 2. The van der Waals surface area contributed by atoms with Gasteiger partial charge in [0.15, 0.2) is 23.0 Å². The number of methoxy groups -OCH3 is 6. The minimum absolute atomic E-state index is 0.547. The van der Waals surface area contributed by atoms with Crippen LogP contribution in [-0.4, -0.2) is 65.5 Å². The quantitative estimate of drug-likeness (QED) is 0.378. The minimum atomic E-state index is 0.547. The number of nitrogens with zero attached hydrogens (tertiary/aromatic N) is 2. The molecule has 0 bridgehead atoms. The molecular formula is C20H26N2O8. The van der Waals surface area contributed by atoms with Gasteiger partial charge in [0.05, 0.1) is 55.1 Å². The maximum Gasteiger partial charge on any atom is 0.164 e. The smallest absolute Gasteiger partial charge is 0.164 e. The summed E-state index contributed by atoms with van der Waals surface area (Å²) < 4.78 is 30.6. The summed E-state index contributed by atoms with van der Waals surface area (Å²) in [4.78, 5) is 0. The van der Waals surface area contributed by atoms with Gasteiger partial charge in [-0.1, -0.05) is 10.3 Å². The van der Waals surface area contributed by atoms with Crippen LogP contribution in [0.5, 0.6) is 34.5 Å². The van der Waals surface area contributed by atoms with Crippen molar-refractivity contribution in [1.82, 2.24) is 0 Å². The Balaban J connectivity index is 0.000000300. The number of benzene rings is 2. The molecule has 30 heavy (non-hydrogen) atoms. The van der Waals surface area contributed by atoms with E-state index in [1.54, 1.807) is 24.3 Å². The SMILES string of the molecule is COc1cc(OC)c(OC)cc1/C=N/O.COc1cc(OC)c(OC)cc1/C=N/O. The van der Waals surface area contributed by atoms with Gasteiger partial charge in [-0.3, -0.25) is 0 Å². The van der Waals surface area contributed by atoms with Gasteiger partial charge in [0, 0.05) is 23.3 Å². The summed E-state index contributed by atoms with van der Waals surface area (Å²) in [5.41, 5.74) is 1.22. The average Bonchev–Trinajstić information content (AvgIpc) is 2.79. The van der Waals surface area contributed by atoms with E-state index in [-0.39, 0.29) is 0 Å². The monoisotopic (exact) mass is 422 g/mol. The van der Waals surface area contributed by atoms with Crippen LogP contribution >= 0.6 is 0 Å². The van der Waals surface area contributed by atoms with Crippen LogP contribution in [0.2, 0.25) is 0 Å². The summed E-state index contributed by atoms with van der Waals surface area (Å²) in [6, 6.07) is 6.65. The second kappa shape index (κ2) is 12.6. The lowest BCUT2D eigenvalue weighted by Gasteiger charge is -2.11. The first-order valence-electron chi connectivity index (χ1n) is 8.48. The molecule has 0 heterocycles. The van der Waals surface area contributed by atoms with Gasteiger partial charge >= 0.3 is 0 Å². The Morgan fingerprint density at radius 2 is 0.767 bits per heavy atom. The lowest BCUT2D eigenvalue weighted by molar-refractivity contribution is 0.321. The summed E-state index contributed by atoms with van der Waals surface area (Å²) in [7, 11) is 9.19. The van der Waals surface area contributed by atoms with Gasteiger partial charge in [0.2, 0.25) is 0 Å². The molecule has 10 heteroatoms. The fourth-order valence-electron chi connectivity index (χ4n) is 2.43. The van der Waals surface area contributed by atoms with Gasteiger partial charge < -0.3 is 38.8 Å². The second-order valence-corrected chi connectivity index (χ2v) is 5.39.